The zero-order chi connectivity index (χ0) is 30.2. The van der Waals surface area contributed by atoms with Crippen molar-refractivity contribution in [2.45, 2.75) is 57.6 Å². The van der Waals surface area contributed by atoms with Crippen LogP contribution in [-0.2, 0) is 26.2 Å². The average Bonchev–Trinajstić information content (AvgIpc) is 2.98. The van der Waals surface area contributed by atoms with E-state index in [-0.39, 0.29) is 29.1 Å². The monoisotopic (exact) mass is 581 g/mol. The van der Waals surface area contributed by atoms with Crippen molar-refractivity contribution in [1.29, 1.82) is 0 Å². The van der Waals surface area contributed by atoms with Crippen LogP contribution in [0, 0.1) is 6.92 Å². The van der Waals surface area contributed by atoms with E-state index >= 15 is 0 Å². The van der Waals surface area contributed by atoms with Crippen molar-refractivity contribution in [3.63, 3.8) is 0 Å². The number of carbonyl (C=O) groups excluding carboxylic acids is 2. The molecule has 0 fully saturated rings. The summed E-state index contributed by atoms with van der Waals surface area (Å²) in [4.78, 5) is 28.6. The summed E-state index contributed by atoms with van der Waals surface area (Å²) >= 11 is 0. The van der Waals surface area contributed by atoms with Crippen LogP contribution in [0.5, 0.6) is 11.5 Å². The smallest absolute Gasteiger partial charge is 0.264 e. The van der Waals surface area contributed by atoms with Crippen molar-refractivity contribution < 1.29 is 27.5 Å². The van der Waals surface area contributed by atoms with Crippen LogP contribution in [-0.4, -0.2) is 58.0 Å². The third-order valence-corrected chi connectivity index (χ3v) is 8.69. The second-order valence-electron chi connectivity index (χ2n) is 9.89. The molecule has 0 saturated heterocycles. The topological polar surface area (TPSA) is 105 Å². The molecule has 2 unspecified atom stereocenters. The third-order valence-electron chi connectivity index (χ3n) is 6.90. The van der Waals surface area contributed by atoms with E-state index in [1.807, 2.05) is 26.8 Å². The first-order chi connectivity index (χ1) is 19.5. The van der Waals surface area contributed by atoms with Gasteiger partial charge in [-0.15, -0.1) is 0 Å². The molecule has 0 aliphatic carbocycles. The molecule has 0 spiro atoms. The first kappa shape index (κ1) is 31.5. The summed E-state index contributed by atoms with van der Waals surface area (Å²) in [6, 6.07) is 19.1. The Morgan fingerprint density at radius 1 is 0.902 bits per heavy atom. The molecular formula is C31H39N3O6S. The molecule has 0 bridgehead atoms. The Bertz CT molecular complexity index is 1420. The number of rotatable bonds is 13. The van der Waals surface area contributed by atoms with Crippen LogP contribution in [0.4, 0.5) is 5.69 Å². The first-order valence-electron chi connectivity index (χ1n) is 13.5. The van der Waals surface area contributed by atoms with Crippen LogP contribution in [0.15, 0.2) is 77.7 Å². The predicted molar refractivity (Wildman–Crippen MR) is 160 cm³/mol. The average molecular weight is 582 g/mol. The number of hydrogen-bond donors (Lipinski definition) is 1. The van der Waals surface area contributed by atoms with Gasteiger partial charge in [0.15, 0.2) is 0 Å². The van der Waals surface area contributed by atoms with Crippen molar-refractivity contribution in [3.8, 4) is 11.5 Å². The van der Waals surface area contributed by atoms with Gasteiger partial charge in [0.05, 0.1) is 24.8 Å². The number of hydrogen-bond acceptors (Lipinski definition) is 6. The minimum absolute atomic E-state index is 0.0497. The lowest BCUT2D eigenvalue weighted by Crippen LogP contribution is -2.52. The Hall–Kier alpha value is -4.05. The van der Waals surface area contributed by atoms with Crippen molar-refractivity contribution in [2.75, 3.05) is 25.1 Å². The molecule has 0 aliphatic rings. The molecule has 0 radical (unpaired) electrons. The van der Waals surface area contributed by atoms with E-state index in [0.717, 1.165) is 21.9 Å². The van der Waals surface area contributed by atoms with E-state index in [0.29, 0.717) is 11.5 Å². The summed E-state index contributed by atoms with van der Waals surface area (Å²) < 4.78 is 39.5. The quantitative estimate of drug-likeness (QED) is 0.318. The zero-order valence-electron chi connectivity index (χ0n) is 24.5. The standard InChI is InChI=1S/C31H39N3O6S/c1-7-23(3)32-31(36)24(4)33(20-25-9-8-10-28(19-25)40-6)30(35)21-34(26-13-15-27(39-5)16-14-26)41(37,38)29-17-11-22(2)12-18-29/h8-19,23-24H,7,20-21H2,1-6H3,(H,32,36). The van der Waals surface area contributed by atoms with E-state index in [4.69, 9.17) is 9.47 Å². The van der Waals surface area contributed by atoms with Gasteiger partial charge in [0.2, 0.25) is 11.8 Å². The van der Waals surface area contributed by atoms with Crippen LogP contribution in [0.1, 0.15) is 38.3 Å². The molecule has 220 valence electrons. The zero-order valence-corrected chi connectivity index (χ0v) is 25.3. The van der Waals surface area contributed by atoms with Crippen molar-refractivity contribution in [1.82, 2.24) is 10.2 Å². The number of sulfonamides is 1. The van der Waals surface area contributed by atoms with Gasteiger partial charge in [0.25, 0.3) is 10.0 Å². The number of nitrogens with one attached hydrogen (secondary N) is 1. The molecule has 3 aromatic rings. The summed E-state index contributed by atoms with van der Waals surface area (Å²) in [5.74, 6) is 0.287. The van der Waals surface area contributed by atoms with Gasteiger partial charge in [-0.3, -0.25) is 13.9 Å². The number of carbonyl (C=O) groups is 2. The normalized spacial score (nSPS) is 12.6. The maximum atomic E-state index is 14.0. The van der Waals surface area contributed by atoms with Crippen LogP contribution in [0.2, 0.25) is 0 Å². The molecule has 0 saturated carbocycles. The lowest BCUT2D eigenvalue weighted by Gasteiger charge is -2.32. The van der Waals surface area contributed by atoms with E-state index in [9.17, 15) is 18.0 Å². The summed E-state index contributed by atoms with van der Waals surface area (Å²) in [6.45, 7) is 6.90. The maximum Gasteiger partial charge on any atom is 0.264 e. The lowest BCUT2D eigenvalue weighted by molar-refractivity contribution is -0.139. The van der Waals surface area contributed by atoms with E-state index in [1.54, 1.807) is 68.6 Å². The maximum absolute atomic E-state index is 14.0. The molecular weight excluding hydrogens is 542 g/mol. The molecule has 2 amide bonds. The van der Waals surface area contributed by atoms with Gasteiger partial charge in [-0.25, -0.2) is 8.42 Å². The summed E-state index contributed by atoms with van der Waals surface area (Å²) in [5, 5.41) is 2.93. The number of aryl methyl sites for hydroxylation is 1. The fourth-order valence-corrected chi connectivity index (χ4v) is 5.54. The molecule has 1 N–H and O–H groups in total. The number of ether oxygens (including phenoxy) is 2. The highest BCUT2D eigenvalue weighted by atomic mass is 32.2. The summed E-state index contributed by atoms with van der Waals surface area (Å²) in [5.41, 5.74) is 1.93. The van der Waals surface area contributed by atoms with Gasteiger partial charge >= 0.3 is 0 Å². The minimum atomic E-state index is -4.15. The Morgan fingerprint density at radius 2 is 1.54 bits per heavy atom. The number of nitrogens with zero attached hydrogens (tertiary/aromatic N) is 2. The van der Waals surface area contributed by atoms with Crippen LogP contribution < -0.4 is 19.1 Å². The largest absolute Gasteiger partial charge is 0.497 e. The van der Waals surface area contributed by atoms with Crippen molar-refractivity contribution in [3.05, 3.63) is 83.9 Å². The second kappa shape index (κ2) is 14.0. The molecule has 2 atom stereocenters. The van der Waals surface area contributed by atoms with Gasteiger partial charge in [-0.1, -0.05) is 36.8 Å². The van der Waals surface area contributed by atoms with Crippen molar-refractivity contribution in [2.24, 2.45) is 0 Å². The highest BCUT2D eigenvalue weighted by Crippen LogP contribution is 2.27. The van der Waals surface area contributed by atoms with Gasteiger partial charge < -0.3 is 19.7 Å². The van der Waals surface area contributed by atoms with Gasteiger partial charge in [0, 0.05) is 12.6 Å². The second-order valence-corrected chi connectivity index (χ2v) is 11.8. The van der Waals surface area contributed by atoms with Gasteiger partial charge in [-0.2, -0.15) is 0 Å². The highest BCUT2D eigenvalue weighted by Gasteiger charge is 2.33. The number of amides is 2. The third kappa shape index (κ3) is 8.00. The molecule has 3 rings (SSSR count). The molecule has 10 heteroatoms. The molecule has 0 aromatic heterocycles. The number of methoxy groups -OCH3 is 2. The van der Waals surface area contributed by atoms with E-state index in [1.165, 1.54) is 24.1 Å². The Balaban J connectivity index is 2.04. The molecule has 0 aliphatic heterocycles. The minimum Gasteiger partial charge on any atom is -0.497 e. The van der Waals surface area contributed by atoms with Crippen LogP contribution >= 0.6 is 0 Å². The predicted octanol–water partition coefficient (Wildman–Crippen LogP) is 4.54. The summed E-state index contributed by atoms with van der Waals surface area (Å²) in [6.07, 6.45) is 0.725. The fourth-order valence-electron chi connectivity index (χ4n) is 4.13. The Morgan fingerprint density at radius 3 is 2.12 bits per heavy atom. The van der Waals surface area contributed by atoms with Gasteiger partial charge in [-0.05, 0) is 81.3 Å². The number of benzene rings is 3. The molecule has 9 nitrogen and oxygen atoms in total. The van der Waals surface area contributed by atoms with Crippen LogP contribution in [0.25, 0.3) is 0 Å². The van der Waals surface area contributed by atoms with Crippen molar-refractivity contribution >= 4 is 27.5 Å². The number of anilines is 1. The molecule has 0 heterocycles. The van der Waals surface area contributed by atoms with Crippen LogP contribution in [0.3, 0.4) is 0 Å². The fraction of sp³-hybridized carbons (Fsp3) is 0.355. The highest BCUT2D eigenvalue weighted by molar-refractivity contribution is 7.92. The molecule has 41 heavy (non-hydrogen) atoms. The van der Waals surface area contributed by atoms with Gasteiger partial charge in [0.1, 0.15) is 24.1 Å². The Kier molecular flexibility index (Phi) is 10.8. The molecule has 3 aromatic carbocycles. The first-order valence-corrected chi connectivity index (χ1v) is 14.9. The SMILES string of the molecule is CCC(C)NC(=O)C(C)N(Cc1cccc(OC)c1)C(=O)CN(c1ccc(OC)cc1)S(=O)(=O)c1ccc(C)cc1. The lowest BCUT2D eigenvalue weighted by atomic mass is 10.1. The Labute approximate surface area is 243 Å². The summed E-state index contributed by atoms with van der Waals surface area (Å²) in [7, 11) is -1.08. The van der Waals surface area contributed by atoms with E-state index < -0.39 is 28.5 Å². The van der Waals surface area contributed by atoms with E-state index in [2.05, 4.69) is 5.32 Å².